The molecule has 1 N–H and O–H groups in total. The lowest BCUT2D eigenvalue weighted by molar-refractivity contribution is 0.0551. The molecule has 184 valence electrons. The molecule has 1 saturated heterocycles. The quantitative estimate of drug-likeness (QED) is 0.377. The topological polar surface area (TPSA) is 108 Å². The molecule has 6 rings (SSSR count). The van der Waals surface area contributed by atoms with E-state index in [2.05, 4.69) is 33.0 Å². The summed E-state index contributed by atoms with van der Waals surface area (Å²) in [7, 11) is 1.77. The van der Waals surface area contributed by atoms with Crippen LogP contribution in [-0.2, 0) is 11.8 Å². The van der Waals surface area contributed by atoms with Crippen LogP contribution < -0.4 is 0 Å². The second-order valence-corrected chi connectivity index (χ2v) is 9.44. The number of carboxylic acids is 1. The average Bonchev–Trinajstić information content (AvgIpc) is 3.52. The molecule has 9 nitrogen and oxygen atoms in total. The summed E-state index contributed by atoms with van der Waals surface area (Å²) in [5, 5.41) is 18.6. The Morgan fingerprint density at radius 3 is 2.56 bits per heavy atom. The Balaban J connectivity index is 1.72. The largest absolute Gasteiger partial charge is 0.476 e. The monoisotopic (exact) mass is 485 g/mol. The molecule has 1 fully saturated rings. The van der Waals surface area contributed by atoms with E-state index in [9.17, 15) is 9.90 Å². The maximum atomic E-state index is 12.4. The Kier molecular flexibility index (Phi) is 5.37. The van der Waals surface area contributed by atoms with Crippen LogP contribution in [0.3, 0.4) is 0 Å². The standard InChI is InChI=1S/C27H27N5O4/c1-15-21(16(2)36-30-15)19-13-20-22(28-14-19)25-26(23(27(33)34)29-31(25)3)32(20)24(17-7-5-4-6-8-17)18-9-11-35-12-10-18/h4-8,13-14,18,24H,9-12H2,1-3H3,(H,33,34). The zero-order chi connectivity index (χ0) is 25.0. The molecule has 36 heavy (non-hydrogen) atoms. The third-order valence-electron chi connectivity index (χ3n) is 7.27. The Labute approximate surface area is 207 Å². The van der Waals surface area contributed by atoms with E-state index < -0.39 is 5.97 Å². The van der Waals surface area contributed by atoms with Gasteiger partial charge in [-0.15, -0.1) is 0 Å². The summed E-state index contributed by atoms with van der Waals surface area (Å²) in [6, 6.07) is 12.2. The molecule has 5 aromatic rings. The normalized spacial score (nSPS) is 15.6. The van der Waals surface area contributed by atoms with Crippen molar-refractivity contribution in [3.05, 3.63) is 65.3 Å². The third kappa shape index (κ3) is 3.42. The molecule has 1 aliphatic rings. The van der Waals surface area contributed by atoms with Crippen molar-refractivity contribution in [1.82, 2.24) is 24.5 Å². The molecule has 1 aliphatic heterocycles. The first-order valence-electron chi connectivity index (χ1n) is 12.1. The van der Waals surface area contributed by atoms with E-state index in [1.807, 2.05) is 32.0 Å². The van der Waals surface area contributed by atoms with E-state index in [1.165, 1.54) is 0 Å². The van der Waals surface area contributed by atoms with Crippen LogP contribution in [0.1, 0.15) is 46.4 Å². The van der Waals surface area contributed by atoms with E-state index >= 15 is 0 Å². The summed E-state index contributed by atoms with van der Waals surface area (Å²) < 4.78 is 14.9. The van der Waals surface area contributed by atoms with Crippen LogP contribution in [0, 0.1) is 19.8 Å². The molecular formula is C27H27N5O4. The van der Waals surface area contributed by atoms with Gasteiger partial charge in [0.1, 0.15) is 22.3 Å². The molecule has 0 aliphatic carbocycles. The smallest absolute Gasteiger partial charge is 0.358 e. The predicted molar refractivity (Wildman–Crippen MR) is 134 cm³/mol. The Morgan fingerprint density at radius 1 is 1.14 bits per heavy atom. The molecule has 0 radical (unpaired) electrons. The Morgan fingerprint density at radius 2 is 1.89 bits per heavy atom. The molecule has 1 unspecified atom stereocenters. The number of aromatic carboxylic acids is 1. The second-order valence-electron chi connectivity index (χ2n) is 9.44. The molecule has 5 heterocycles. The van der Waals surface area contributed by atoms with Crippen molar-refractivity contribution in [2.24, 2.45) is 13.0 Å². The number of fused-ring (bicyclic) bond motifs is 3. The van der Waals surface area contributed by atoms with E-state index in [1.54, 1.807) is 17.9 Å². The van der Waals surface area contributed by atoms with Crippen LogP contribution in [0.15, 0.2) is 47.1 Å². The van der Waals surface area contributed by atoms with Crippen LogP contribution in [0.2, 0.25) is 0 Å². The lowest BCUT2D eigenvalue weighted by atomic mass is 9.86. The van der Waals surface area contributed by atoms with Crippen molar-refractivity contribution >= 4 is 28.0 Å². The van der Waals surface area contributed by atoms with Gasteiger partial charge in [0, 0.05) is 37.6 Å². The number of ether oxygens (including phenoxy) is 1. The first-order valence-corrected chi connectivity index (χ1v) is 12.1. The number of rotatable bonds is 5. The van der Waals surface area contributed by atoms with Gasteiger partial charge in [0.25, 0.3) is 0 Å². The van der Waals surface area contributed by atoms with Gasteiger partial charge in [-0.2, -0.15) is 5.10 Å². The van der Waals surface area contributed by atoms with Crippen molar-refractivity contribution < 1.29 is 19.2 Å². The number of aromatic nitrogens is 5. The fraction of sp³-hybridized carbons (Fsp3) is 0.333. The lowest BCUT2D eigenvalue weighted by Gasteiger charge is -2.33. The third-order valence-corrected chi connectivity index (χ3v) is 7.27. The average molecular weight is 486 g/mol. The number of hydrogen-bond donors (Lipinski definition) is 1. The van der Waals surface area contributed by atoms with Crippen molar-refractivity contribution in [2.45, 2.75) is 32.7 Å². The van der Waals surface area contributed by atoms with Crippen LogP contribution in [-0.4, -0.2) is 48.8 Å². The molecule has 0 spiro atoms. The summed E-state index contributed by atoms with van der Waals surface area (Å²) in [4.78, 5) is 17.2. The molecule has 4 aromatic heterocycles. The fourth-order valence-corrected chi connectivity index (χ4v) is 5.72. The number of carboxylic acid groups (broad SMARTS) is 1. The highest BCUT2D eigenvalue weighted by molar-refractivity contribution is 6.11. The minimum Gasteiger partial charge on any atom is -0.476 e. The van der Waals surface area contributed by atoms with E-state index in [4.69, 9.17) is 14.2 Å². The molecule has 9 heteroatoms. The molecular weight excluding hydrogens is 458 g/mol. The molecule has 0 bridgehead atoms. The van der Waals surface area contributed by atoms with Gasteiger partial charge < -0.3 is 18.9 Å². The van der Waals surface area contributed by atoms with Crippen molar-refractivity contribution in [2.75, 3.05) is 13.2 Å². The number of aryl methyl sites for hydroxylation is 3. The van der Waals surface area contributed by atoms with Crippen molar-refractivity contribution in [3.8, 4) is 11.1 Å². The Hall–Kier alpha value is -3.98. The highest BCUT2D eigenvalue weighted by Gasteiger charge is 2.33. The summed E-state index contributed by atoms with van der Waals surface area (Å²) in [5.41, 5.74) is 6.59. The summed E-state index contributed by atoms with van der Waals surface area (Å²) >= 11 is 0. The van der Waals surface area contributed by atoms with Crippen molar-refractivity contribution in [1.29, 1.82) is 0 Å². The predicted octanol–water partition coefficient (Wildman–Crippen LogP) is 4.91. The molecule has 1 aromatic carbocycles. The van der Waals surface area contributed by atoms with Gasteiger partial charge in [-0.05, 0) is 44.2 Å². The SMILES string of the molecule is Cc1noc(C)c1-c1cnc2c3c(c(C(=O)O)nn3C)n(C(c3ccccc3)C3CCOCC3)c2c1. The van der Waals surface area contributed by atoms with Crippen LogP contribution >= 0.6 is 0 Å². The highest BCUT2D eigenvalue weighted by Crippen LogP contribution is 2.42. The first kappa shape index (κ1) is 22.5. The van der Waals surface area contributed by atoms with Crippen LogP contribution in [0.4, 0.5) is 0 Å². The maximum Gasteiger partial charge on any atom is 0.358 e. The van der Waals surface area contributed by atoms with Gasteiger partial charge in [0.2, 0.25) is 0 Å². The maximum absolute atomic E-state index is 12.4. The van der Waals surface area contributed by atoms with Crippen LogP contribution in [0.5, 0.6) is 0 Å². The number of carbonyl (C=O) groups is 1. The number of benzene rings is 1. The van der Waals surface area contributed by atoms with Gasteiger partial charge in [-0.25, -0.2) is 4.79 Å². The number of pyridine rings is 1. The van der Waals surface area contributed by atoms with E-state index in [0.717, 1.165) is 46.3 Å². The number of nitrogens with zero attached hydrogens (tertiary/aromatic N) is 5. The lowest BCUT2D eigenvalue weighted by Crippen LogP contribution is -2.27. The second kappa shape index (κ2) is 8.60. The molecule has 0 amide bonds. The summed E-state index contributed by atoms with van der Waals surface area (Å²) in [5.74, 6) is -0.0906. The zero-order valence-electron chi connectivity index (χ0n) is 20.4. The molecule has 1 atom stereocenters. The van der Waals surface area contributed by atoms with Gasteiger partial charge >= 0.3 is 5.97 Å². The van der Waals surface area contributed by atoms with Gasteiger partial charge in [0.05, 0.1) is 17.3 Å². The zero-order valence-corrected chi connectivity index (χ0v) is 20.4. The van der Waals surface area contributed by atoms with Gasteiger partial charge in [-0.3, -0.25) is 9.67 Å². The summed E-state index contributed by atoms with van der Waals surface area (Å²) in [6.07, 6.45) is 3.55. The van der Waals surface area contributed by atoms with Crippen LogP contribution in [0.25, 0.3) is 33.2 Å². The molecule has 0 saturated carbocycles. The highest BCUT2D eigenvalue weighted by atomic mass is 16.5. The summed E-state index contributed by atoms with van der Waals surface area (Å²) in [6.45, 7) is 5.15. The minimum atomic E-state index is -1.06. The fourth-order valence-electron chi connectivity index (χ4n) is 5.72. The van der Waals surface area contributed by atoms with E-state index in [-0.39, 0.29) is 17.7 Å². The minimum absolute atomic E-state index is 0.0254. The number of hydrogen-bond acceptors (Lipinski definition) is 6. The van der Waals surface area contributed by atoms with Gasteiger partial charge in [0.15, 0.2) is 5.69 Å². The first-order chi connectivity index (χ1) is 17.5. The van der Waals surface area contributed by atoms with Crippen molar-refractivity contribution in [3.63, 3.8) is 0 Å². The van der Waals surface area contributed by atoms with Gasteiger partial charge in [-0.1, -0.05) is 35.5 Å². The Bertz CT molecular complexity index is 1570. The van der Waals surface area contributed by atoms with E-state index in [0.29, 0.717) is 30.0 Å².